The first kappa shape index (κ1) is 20.6. The van der Waals surface area contributed by atoms with E-state index in [1.54, 1.807) is 13.0 Å². The Morgan fingerprint density at radius 3 is 2.62 bits per heavy atom. The van der Waals surface area contributed by atoms with Gasteiger partial charge >= 0.3 is 18.5 Å². The van der Waals surface area contributed by atoms with Crippen LogP contribution in [-0.2, 0) is 9.53 Å². The van der Waals surface area contributed by atoms with Crippen molar-refractivity contribution >= 4 is 23.6 Å². The summed E-state index contributed by atoms with van der Waals surface area (Å²) in [6.07, 6.45) is -5.50. The summed E-state index contributed by atoms with van der Waals surface area (Å²) < 4.78 is 60.4. The van der Waals surface area contributed by atoms with Gasteiger partial charge in [0.05, 0.1) is 12.5 Å². The van der Waals surface area contributed by atoms with Gasteiger partial charge in [-0.15, -0.1) is 0 Å². The number of ether oxygens (including phenoxy) is 2. The zero-order valence-corrected chi connectivity index (χ0v) is 15.2. The summed E-state index contributed by atoms with van der Waals surface area (Å²) in [7, 11) is 0. The molecule has 0 aliphatic heterocycles. The van der Waals surface area contributed by atoms with Gasteiger partial charge in [-0.05, 0) is 36.5 Å². The number of rotatable bonds is 7. The van der Waals surface area contributed by atoms with Crippen molar-refractivity contribution in [3.63, 3.8) is 0 Å². The summed E-state index contributed by atoms with van der Waals surface area (Å²) in [5.41, 5.74) is -0.191. The van der Waals surface area contributed by atoms with E-state index in [0.717, 1.165) is 6.07 Å². The molecule has 1 fully saturated rings. The van der Waals surface area contributed by atoms with E-state index in [9.17, 15) is 22.4 Å². The molecule has 2 rings (SSSR count). The van der Waals surface area contributed by atoms with E-state index in [-0.39, 0.29) is 40.4 Å². The minimum absolute atomic E-state index is 0.0679. The second-order valence-electron chi connectivity index (χ2n) is 6.58. The molecule has 2 unspecified atom stereocenters. The third kappa shape index (κ3) is 4.31. The van der Waals surface area contributed by atoms with E-state index < -0.39 is 18.3 Å². The zero-order valence-electron chi connectivity index (χ0n) is 14.4. The molecule has 8 heteroatoms. The number of hydrogen-bond acceptors (Lipinski definition) is 3. The minimum atomic E-state index is -4.64. The molecule has 0 heterocycles. The molecule has 1 aliphatic rings. The lowest BCUT2D eigenvalue weighted by molar-refractivity contribution is -0.253. The van der Waals surface area contributed by atoms with Crippen LogP contribution < -0.4 is 4.74 Å². The van der Waals surface area contributed by atoms with E-state index in [4.69, 9.17) is 16.3 Å². The van der Waals surface area contributed by atoms with E-state index in [0.29, 0.717) is 0 Å². The molecule has 0 N–H and O–H groups in total. The van der Waals surface area contributed by atoms with Crippen LogP contribution in [-0.4, -0.2) is 25.1 Å². The normalized spacial score (nSPS) is 21.9. The predicted molar refractivity (Wildman–Crippen MR) is 89.5 cm³/mol. The third-order valence-electron chi connectivity index (χ3n) is 4.41. The average Bonchev–Trinajstić information content (AvgIpc) is 3.07. The number of carbonyl (C=O) groups is 1. The summed E-state index contributed by atoms with van der Waals surface area (Å²) >= 11 is 5.75. The van der Waals surface area contributed by atoms with Gasteiger partial charge < -0.3 is 9.47 Å². The first-order chi connectivity index (χ1) is 12.0. The second-order valence-corrected chi connectivity index (χ2v) is 7.02. The van der Waals surface area contributed by atoms with Gasteiger partial charge in [0, 0.05) is 10.6 Å². The van der Waals surface area contributed by atoms with Crippen molar-refractivity contribution in [2.45, 2.75) is 33.3 Å². The Morgan fingerprint density at radius 1 is 1.38 bits per heavy atom. The van der Waals surface area contributed by atoms with E-state index in [1.165, 1.54) is 18.2 Å². The van der Waals surface area contributed by atoms with Crippen molar-refractivity contribution in [1.29, 1.82) is 0 Å². The molecule has 144 valence electrons. The Balaban J connectivity index is 2.22. The van der Waals surface area contributed by atoms with Gasteiger partial charge in [-0.25, -0.2) is 0 Å². The summed E-state index contributed by atoms with van der Waals surface area (Å²) in [5, 5.41) is 0.0679. The van der Waals surface area contributed by atoms with Gasteiger partial charge in [0.2, 0.25) is 0 Å². The first-order valence-corrected chi connectivity index (χ1v) is 8.38. The predicted octanol–water partition coefficient (Wildman–Crippen LogP) is 5.43. The number of hydrogen-bond donors (Lipinski definition) is 0. The Morgan fingerprint density at radius 2 is 2.04 bits per heavy atom. The fraction of sp³-hybridized carbons (Fsp3) is 0.500. The molecule has 1 aliphatic carbocycles. The van der Waals surface area contributed by atoms with Crippen LogP contribution >= 0.6 is 11.6 Å². The van der Waals surface area contributed by atoms with Gasteiger partial charge in [0.25, 0.3) is 0 Å². The molecule has 1 saturated carbocycles. The molecule has 0 radical (unpaired) electrons. The van der Waals surface area contributed by atoms with Gasteiger partial charge in [0.15, 0.2) is 0 Å². The molecule has 0 bridgehead atoms. The quantitative estimate of drug-likeness (QED) is 0.457. The highest BCUT2D eigenvalue weighted by Gasteiger charge is 2.61. The minimum Gasteiger partial charge on any atom is -0.466 e. The molecule has 3 nitrogen and oxygen atoms in total. The van der Waals surface area contributed by atoms with E-state index in [2.05, 4.69) is 4.74 Å². The van der Waals surface area contributed by atoms with Crippen LogP contribution in [0.15, 0.2) is 24.3 Å². The fourth-order valence-corrected chi connectivity index (χ4v) is 3.01. The van der Waals surface area contributed by atoms with Crippen LogP contribution in [0.5, 0.6) is 5.75 Å². The molecule has 1 aromatic carbocycles. The topological polar surface area (TPSA) is 35.5 Å². The molecule has 0 amide bonds. The number of alkyl halides is 4. The highest BCUT2D eigenvalue weighted by molar-refractivity contribution is 6.30. The summed E-state index contributed by atoms with van der Waals surface area (Å²) in [5.74, 6) is -1.31. The SMILES string of the molecule is CCOC(=O)C1C(C=Cc2ccc(Cl)cc2OC(F)(F)C(F)F)C1(C)C. The van der Waals surface area contributed by atoms with Crippen molar-refractivity contribution in [2.75, 3.05) is 6.61 Å². The second kappa shape index (κ2) is 7.47. The van der Waals surface area contributed by atoms with Gasteiger partial charge in [0.1, 0.15) is 5.75 Å². The Bertz CT molecular complexity index is 704. The highest BCUT2D eigenvalue weighted by Crippen LogP contribution is 2.59. The summed E-state index contributed by atoms with van der Waals surface area (Å²) in [6.45, 7) is 5.74. The molecule has 2 atom stereocenters. The first-order valence-electron chi connectivity index (χ1n) is 8.00. The van der Waals surface area contributed by atoms with Crippen molar-refractivity contribution < 1.29 is 31.8 Å². The van der Waals surface area contributed by atoms with E-state index >= 15 is 0 Å². The summed E-state index contributed by atoms with van der Waals surface area (Å²) in [6, 6.07) is 3.85. The van der Waals surface area contributed by atoms with Crippen LogP contribution in [0, 0.1) is 17.3 Å². The molecular weight excluding hydrogens is 376 g/mol. The third-order valence-corrected chi connectivity index (χ3v) is 4.65. The lowest BCUT2D eigenvalue weighted by Crippen LogP contribution is -2.33. The van der Waals surface area contributed by atoms with Crippen molar-refractivity contribution in [3.05, 3.63) is 34.9 Å². The average molecular weight is 395 g/mol. The van der Waals surface area contributed by atoms with Crippen molar-refractivity contribution in [3.8, 4) is 5.75 Å². The van der Waals surface area contributed by atoms with E-state index in [1.807, 2.05) is 13.8 Å². The molecular formula is C18H19ClF4O3. The molecule has 0 aromatic heterocycles. The van der Waals surface area contributed by atoms with Crippen molar-refractivity contribution in [2.24, 2.45) is 17.3 Å². The van der Waals surface area contributed by atoms with Crippen LogP contribution in [0.25, 0.3) is 6.08 Å². The number of esters is 1. The van der Waals surface area contributed by atoms with Gasteiger partial charge in [-0.1, -0.05) is 37.6 Å². The smallest absolute Gasteiger partial charge is 0.461 e. The Labute approximate surface area is 153 Å². The Kier molecular flexibility index (Phi) is 5.90. The van der Waals surface area contributed by atoms with Gasteiger partial charge in [-0.2, -0.15) is 17.6 Å². The number of benzene rings is 1. The monoisotopic (exact) mass is 394 g/mol. The number of halogens is 5. The van der Waals surface area contributed by atoms with Crippen LogP contribution in [0.1, 0.15) is 26.3 Å². The molecule has 0 spiro atoms. The highest BCUT2D eigenvalue weighted by atomic mass is 35.5. The van der Waals surface area contributed by atoms with Crippen LogP contribution in [0.2, 0.25) is 5.02 Å². The maximum Gasteiger partial charge on any atom is 0.461 e. The lowest BCUT2D eigenvalue weighted by Gasteiger charge is -2.18. The zero-order chi connectivity index (χ0) is 19.7. The lowest BCUT2D eigenvalue weighted by atomic mass is 10.1. The summed E-state index contributed by atoms with van der Waals surface area (Å²) in [4.78, 5) is 11.9. The maximum absolute atomic E-state index is 13.2. The number of allylic oxidation sites excluding steroid dienone is 1. The molecule has 26 heavy (non-hydrogen) atoms. The maximum atomic E-state index is 13.2. The van der Waals surface area contributed by atoms with Crippen LogP contribution in [0.4, 0.5) is 17.6 Å². The van der Waals surface area contributed by atoms with Crippen molar-refractivity contribution in [1.82, 2.24) is 0 Å². The van der Waals surface area contributed by atoms with Crippen LogP contribution in [0.3, 0.4) is 0 Å². The standard InChI is InChI=1S/C18H19ClF4O3/c1-4-25-15(24)14-12(17(14,2)3)8-6-10-5-7-11(19)9-13(10)26-18(22,23)16(20)21/h5-9,12,14,16H,4H2,1-3H3. The Hall–Kier alpha value is -1.76. The molecule has 0 saturated heterocycles. The van der Waals surface area contributed by atoms with Gasteiger partial charge in [-0.3, -0.25) is 4.79 Å². The largest absolute Gasteiger partial charge is 0.466 e. The fourth-order valence-electron chi connectivity index (χ4n) is 2.85. The number of carbonyl (C=O) groups excluding carboxylic acids is 1. The molecule has 1 aromatic rings.